The Kier molecular flexibility index (Phi) is 3.36. The molecular formula is C9H12FN3O3S. The molecule has 17 heavy (non-hydrogen) atoms. The Bertz CT molecular complexity index is 469. The van der Waals surface area contributed by atoms with Crippen molar-refractivity contribution >= 4 is 17.6 Å². The number of aromatic nitrogens is 2. The summed E-state index contributed by atoms with van der Waals surface area (Å²) in [4.78, 5) is 15.0. The number of nitrogen functional groups attached to an aromatic ring is 1. The molecule has 0 radical (unpaired) electrons. The van der Waals surface area contributed by atoms with Crippen LogP contribution in [0.5, 0.6) is 0 Å². The molecule has 0 bridgehead atoms. The molecule has 0 aromatic carbocycles. The number of rotatable bonds is 2. The molecule has 6 nitrogen and oxygen atoms in total. The van der Waals surface area contributed by atoms with Crippen molar-refractivity contribution in [3.05, 3.63) is 22.7 Å². The quantitative estimate of drug-likeness (QED) is 0.640. The van der Waals surface area contributed by atoms with E-state index in [9.17, 15) is 14.3 Å². The first-order chi connectivity index (χ1) is 8.04. The fourth-order valence-corrected chi connectivity index (χ4v) is 3.06. The minimum absolute atomic E-state index is 0.0592. The molecule has 1 fully saturated rings. The van der Waals surface area contributed by atoms with Gasteiger partial charge in [-0.25, -0.2) is 9.18 Å². The summed E-state index contributed by atoms with van der Waals surface area (Å²) >= 11 is 1.01. The van der Waals surface area contributed by atoms with Gasteiger partial charge in [-0.2, -0.15) is 4.98 Å². The summed E-state index contributed by atoms with van der Waals surface area (Å²) in [6.07, 6.45) is -1.58. The molecule has 0 saturated carbocycles. The highest BCUT2D eigenvalue weighted by Crippen LogP contribution is 2.42. The Morgan fingerprint density at radius 3 is 2.88 bits per heavy atom. The fourth-order valence-electron chi connectivity index (χ4n) is 1.70. The lowest BCUT2D eigenvalue weighted by Crippen LogP contribution is -2.33. The molecule has 1 aliphatic heterocycles. The molecule has 8 heteroatoms. The number of aliphatic hydroxyl groups excluding tert-OH is 2. The third kappa shape index (κ3) is 2.15. The predicted molar refractivity (Wildman–Crippen MR) is 61.3 cm³/mol. The van der Waals surface area contributed by atoms with Crippen molar-refractivity contribution in [2.75, 3.05) is 12.3 Å². The number of anilines is 1. The van der Waals surface area contributed by atoms with E-state index in [0.717, 1.165) is 16.3 Å². The van der Waals surface area contributed by atoms with Gasteiger partial charge in [-0.1, -0.05) is 0 Å². The number of aliphatic hydroxyl groups is 2. The Morgan fingerprint density at radius 1 is 1.65 bits per heavy atom. The lowest BCUT2D eigenvalue weighted by atomic mass is 10.1. The highest BCUT2D eigenvalue weighted by molar-refractivity contribution is 8.00. The number of alkyl halides is 1. The average molecular weight is 261 g/mol. The maximum atomic E-state index is 13.8. The Hall–Kier alpha value is -1.12. The van der Waals surface area contributed by atoms with Crippen molar-refractivity contribution in [3.63, 3.8) is 0 Å². The van der Waals surface area contributed by atoms with Crippen LogP contribution in [-0.4, -0.2) is 43.9 Å². The third-order valence-electron chi connectivity index (χ3n) is 2.60. The number of halogens is 1. The normalized spacial score (nSPS) is 32.9. The van der Waals surface area contributed by atoms with E-state index in [0.29, 0.717) is 0 Å². The predicted octanol–water partition coefficient (Wildman–Crippen LogP) is -0.869. The number of thioether (sulfide) groups is 1. The van der Waals surface area contributed by atoms with Gasteiger partial charge < -0.3 is 15.9 Å². The molecule has 1 aromatic heterocycles. The molecule has 1 aliphatic rings. The van der Waals surface area contributed by atoms with E-state index in [1.807, 2.05) is 0 Å². The van der Waals surface area contributed by atoms with Gasteiger partial charge in [0, 0.05) is 6.20 Å². The maximum Gasteiger partial charge on any atom is 0.350 e. The molecule has 0 amide bonds. The highest BCUT2D eigenvalue weighted by atomic mass is 32.2. The number of nitrogens with zero attached hydrogens (tertiary/aromatic N) is 2. The van der Waals surface area contributed by atoms with Gasteiger partial charge in [0.2, 0.25) is 0 Å². The van der Waals surface area contributed by atoms with Gasteiger partial charge >= 0.3 is 5.69 Å². The second-order valence-corrected chi connectivity index (χ2v) is 5.09. The number of hydrogen-bond donors (Lipinski definition) is 3. The summed E-state index contributed by atoms with van der Waals surface area (Å²) in [5, 5.41) is 17.0. The number of hydrogen-bond acceptors (Lipinski definition) is 6. The van der Waals surface area contributed by atoms with Gasteiger partial charge in [-0.3, -0.25) is 4.57 Å². The van der Waals surface area contributed by atoms with Crippen LogP contribution in [0.1, 0.15) is 5.37 Å². The first-order valence-electron chi connectivity index (χ1n) is 4.97. The van der Waals surface area contributed by atoms with Crippen molar-refractivity contribution in [2.45, 2.75) is 22.9 Å². The van der Waals surface area contributed by atoms with Crippen molar-refractivity contribution in [2.24, 2.45) is 0 Å². The fraction of sp³-hybridized carbons (Fsp3) is 0.556. The molecule has 94 valence electrons. The summed E-state index contributed by atoms with van der Waals surface area (Å²) in [5.41, 5.74) is 4.66. The summed E-state index contributed by atoms with van der Waals surface area (Å²) in [7, 11) is 0. The monoisotopic (exact) mass is 261 g/mol. The van der Waals surface area contributed by atoms with Crippen LogP contribution < -0.4 is 11.4 Å². The van der Waals surface area contributed by atoms with Crippen LogP contribution in [0, 0.1) is 0 Å². The van der Waals surface area contributed by atoms with E-state index in [4.69, 9.17) is 10.8 Å². The average Bonchev–Trinajstić information content (AvgIpc) is 2.57. The van der Waals surface area contributed by atoms with Crippen LogP contribution in [0.15, 0.2) is 17.1 Å². The maximum absolute atomic E-state index is 13.8. The van der Waals surface area contributed by atoms with Gasteiger partial charge in [-0.15, -0.1) is 11.8 Å². The van der Waals surface area contributed by atoms with E-state index in [1.165, 1.54) is 12.3 Å². The summed E-state index contributed by atoms with van der Waals surface area (Å²) in [5.74, 6) is 0.0592. The first-order valence-corrected chi connectivity index (χ1v) is 5.92. The molecule has 0 aliphatic carbocycles. The van der Waals surface area contributed by atoms with Gasteiger partial charge in [0.25, 0.3) is 0 Å². The Morgan fingerprint density at radius 2 is 2.35 bits per heavy atom. The molecule has 1 saturated heterocycles. The van der Waals surface area contributed by atoms with Crippen molar-refractivity contribution < 1.29 is 14.6 Å². The standard InChI is InChI=1S/C9H12FN3O3S/c10-6-7(15)4(3-14)17-8(6)13-2-1-5(11)12-9(13)16/h1-2,4,6-8,14-15H,3H2,(H2,11,12,16)/t4-,6+,7-,8+/m1/s1. The van der Waals surface area contributed by atoms with Gasteiger partial charge in [0.1, 0.15) is 17.3 Å². The van der Waals surface area contributed by atoms with Crippen LogP contribution in [-0.2, 0) is 0 Å². The lowest BCUT2D eigenvalue weighted by molar-refractivity contribution is 0.0631. The smallest absolute Gasteiger partial charge is 0.350 e. The molecule has 0 unspecified atom stereocenters. The summed E-state index contributed by atoms with van der Waals surface area (Å²) in [6, 6.07) is 1.38. The van der Waals surface area contributed by atoms with E-state index in [1.54, 1.807) is 0 Å². The summed E-state index contributed by atoms with van der Waals surface area (Å²) < 4.78 is 14.9. The van der Waals surface area contributed by atoms with E-state index < -0.39 is 28.6 Å². The van der Waals surface area contributed by atoms with Crippen LogP contribution in [0.4, 0.5) is 10.2 Å². The van der Waals surface area contributed by atoms with Crippen molar-refractivity contribution in [1.29, 1.82) is 0 Å². The van der Waals surface area contributed by atoms with Crippen LogP contribution in [0.3, 0.4) is 0 Å². The van der Waals surface area contributed by atoms with Crippen LogP contribution in [0.25, 0.3) is 0 Å². The molecule has 4 atom stereocenters. The Labute approximate surface area is 100 Å². The van der Waals surface area contributed by atoms with Gasteiger partial charge in [0.15, 0.2) is 6.17 Å². The van der Waals surface area contributed by atoms with E-state index in [2.05, 4.69) is 4.98 Å². The van der Waals surface area contributed by atoms with Crippen LogP contribution in [0.2, 0.25) is 0 Å². The zero-order valence-electron chi connectivity index (χ0n) is 8.73. The summed E-state index contributed by atoms with van der Waals surface area (Å²) in [6.45, 7) is -0.347. The Balaban J connectivity index is 2.32. The third-order valence-corrected chi connectivity index (χ3v) is 4.14. The van der Waals surface area contributed by atoms with E-state index in [-0.39, 0.29) is 12.4 Å². The highest BCUT2D eigenvalue weighted by Gasteiger charge is 2.44. The van der Waals surface area contributed by atoms with Gasteiger partial charge in [-0.05, 0) is 6.07 Å². The second-order valence-electron chi connectivity index (χ2n) is 3.72. The van der Waals surface area contributed by atoms with Gasteiger partial charge in [0.05, 0.1) is 11.9 Å². The SMILES string of the molecule is Nc1ccn([C@H]2S[C@H](CO)[C@@H](O)[C@@H]2F)c(=O)n1. The van der Waals surface area contributed by atoms with Crippen molar-refractivity contribution in [3.8, 4) is 0 Å². The topological polar surface area (TPSA) is 101 Å². The number of nitrogens with two attached hydrogens (primary N) is 1. The van der Waals surface area contributed by atoms with Crippen molar-refractivity contribution in [1.82, 2.24) is 9.55 Å². The molecule has 4 N–H and O–H groups in total. The largest absolute Gasteiger partial charge is 0.395 e. The lowest BCUT2D eigenvalue weighted by Gasteiger charge is -2.15. The van der Waals surface area contributed by atoms with Crippen LogP contribution >= 0.6 is 11.8 Å². The second kappa shape index (κ2) is 4.63. The van der Waals surface area contributed by atoms with E-state index >= 15 is 0 Å². The molecule has 2 heterocycles. The molecular weight excluding hydrogens is 249 g/mol. The zero-order chi connectivity index (χ0) is 12.6. The molecule has 1 aromatic rings. The first kappa shape index (κ1) is 12.3. The minimum atomic E-state index is -1.62. The zero-order valence-corrected chi connectivity index (χ0v) is 9.55. The minimum Gasteiger partial charge on any atom is -0.395 e. The molecule has 0 spiro atoms. The molecule has 2 rings (SSSR count).